The smallest absolute Gasteiger partial charge is 0.279 e. The maximum absolute atomic E-state index is 11.3. The number of hydrogen-bond acceptors (Lipinski definition) is 4. The molecule has 0 amide bonds. The lowest BCUT2D eigenvalue weighted by Crippen LogP contribution is -1.99. The zero-order valence-electron chi connectivity index (χ0n) is 10.1. The molecule has 106 valence electrons. The van der Waals surface area contributed by atoms with Crippen molar-refractivity contribution in [2.75, 3.05) is 0 Å². The van der Waals surface area contributed by atoms with Gasteiger partial charge in [0, 0.05) is 32.8 Å². The van der Waals surface area contributed by atoms with Crippen LogP contribution < -0.4 is 0 Å². The summed E-state index contributed by atoms with van der Waals surface area (Å²) in [5.74, 6) is 0. The van der Waals surface area contributed by atoms with Crippen LogP contribution in [0, 0.1) is 10.1 Å². The average Bonchev–Trinajstić information content (AvgIpc) is 2.70. The van der Waals surface area contributed by atoms with E-state index in [1.807, 2.05) is 0 Å². The Bertz CT molecular complexity index is 834. The second-order valence-electron chi connectivity index (χ2n) is 4.36. The van der Waals surface area contributed by atoms with Gasteiger partial charge in [0.05, 0.1) is 15.5 Å². The van der Waals surface area contributed by atoms with E-state index in [2.05, 4.69) is 5.16 Å². The number of nitro benzene ring substituents is 1. The van der Waals surface area contributed by atoms with E-state index < -0.39 is 4.92 Å². The molecule has 0 aliphatic heterocycles. The van der Waals surface area contributed by atoms with Gasteiger partial charge >= 0.3 is 0 Å². The second kappa shape index (κ2) is 4.87. The van der Waals surface area contributed by atoms with Crippen molar-refractivity contribution in [2.45, 2.75) is 0 Å². The number of nitro groups is 1. The Hall–Kier alpha value is -1.82. The van der Waals surface area contributed by atoms with Crippen LogP contribution in [0.3, 0.4) is 0 Å². The summed E-state index contributed by atoms with van der Waals surface area (Å²) < 4.78 is 0. The van der Waals surface area contributed by atoms with Crippen molar-refractivity contribution in [2.24, 2.45) is 5.16 Å². The van der Waals surface area contributed by atoms with Crippen molar-refractivity contribution in [1.82, 2.24) is 0 Å². The Kier molecular flexibility index (Phi) is 3.28. The van der Waals surface area contributed by atoms with Crippen molar-refractivity contribution in [1.29, 1.82) is 0 Å². The molecule has 1 N–H and O–H groups in total. The van der Waals surface area contributed by atoms with E-state index in [0.717, 1.165) is 0 Å². The lowest BCUT2D eigenvalue weighted by Gasteiger charge is -2.05. The van der Waals surface area contributed by atoms with E-state index in [-0.39, 0.29) is 27.0 Å². The third-order valence-electron chi connectivity index (χ3n) is 3.19. The first-order valence-corrected chi connectivity index (χ1v) is 6.77. The topological polar surface area (TPSA) is 75.7 Å². The summed E-state index contributed by atoms with van der Waals surface area (Å²) in [6.45, 7) is 0. The molecule has 5 nitrogen and oxygen atoms in total. The first-order chi connectivity index (χ1) is 9.93. The molecule has 1 aliphatic carbocycles. The quantitative estimate of drug-likeness (QED) is 0.393. The number of halogens is 3. The number of rotatable bonds is 1. The van der Waals surface area contributed by atoms with E-state index in [1.54, 1.807) is 0 Å². The summed E-state index contributed by atoms with van der Waals surface area (Å²) in [6.07, 6.45) is 0. The molecule has 0 heterocycles. The summed E-state index contributed by atoms with van der Waals surface area (Å²) in [5, 5.41) is 24.5. The minimum atomic E-state index is -0.556. The molecule has 0 aromatic heterocycles. The van der Waals surface area contributed by atoms with Gasteiger partial charge in [0.25, 0.3) is 5.69 Å². The van der Waals surface area contributed by atoms with Gasteiger partial charge < -0.3 is 5.21 Å². The maximum Gasteiger partial charge on any atom is 0.279 e. The fourth-order valence-electron chi connectivity index (χ4n) is 2.45. The molecule has 1 aliphatic rings. The average molecular weight is 344 g/mol. The number of nitrogens with zero attached hydrogens (tertiary/aromatic N) is 2. The summed E-state index contributed by atoms with van der Waals surface area (Å²) >= 11 is 18.0. The molecule has 2 aromatic rings. The summed E-state index contributed by atoms with van der Waals surface area (Å²) in [7, 11) is 0. The zero-order chi connectivity index (χ0) is 15.3. The number of benzene rings is 2. The number of fused-ring (bicyclic) bond motifs is 3. The minimum absolute atomic E-state index is 0.148. The van der Waals surface area contributed by atoms with E-state index >= 15 is 0 Å². The van der Waals surface area contributed by atoms with Gasteiger partial charge in [0.2, 0.25) is 0 Å². The van der Waals surface area contributed by atoms with Gasteiger partial charge in [-0.05, 0) is 18.2 Å². The number of oxime groups is 1. The third-order valence-corrected chi connectivity index (χ3v) is 3.93. The lowest BCUT2D eigenvalue weighted by atomic mass is 10.0. The van der Waals surface area contributed by atoms with Gasteiger partial charge in [0.15, 0.2) is 0 Å². The van der Waals surface area contributed by atoms with Crippen molar-refractivity contribution >= 4 is 46.2 Å². The highest BCUT2D eigenvalue weighted by atomic mass is 35.5. The van der Waals surface area contributed by atoms with E-state index in [9.17, 15) is 15.3 Å². The first kappa shape index (κ1) is 14.1. The highest BCUT2D eigenvalue weighted by molar-refractivity contribution is 6.41. The summed E-state index contributed by atoms with van der Waals surface area (Å²) in [5.41, 5.74) is 1.39. The van der Waals surface area contributed by atoms with Crippen LogP contribution in [0.1, 0.15) is 11.1 Å². The van der Waals surface area contributed by atoms with Gasteiger partial charge in [-0.1, -0.05) is 40.0 Å². The van der Waals surface area contributed by atoms with Crippen molar-refractivity contribution in [3.05, 3.63) is 60.6 Å². The molecule has 2 aromatic carbocycles. The van der Waals surface area contributed by atoms with Crippen LogP contribution in [0.5, 0.6) is 0 Å². The third kappa shape index (κ3) is 2.05. The zero-order valence-corrected chi connectivity index (χ0v) is 12.4. The molecule has 0 unspecified atom stereocenters. The Balaban J connectivity index is 2.50. The van der Waals surface area contributed by atoms with Gasteiger partial charge in [-0.2, -0.15) is 0 Å². The van der Waals surface area contributed by atoms with Crippen LogP contribution in [-0.4, -0.2) is 15.8 Å². The fourth-order valence-corrected chi connectivity index (χ4v) is 3.25. The van der Waals surface area contributed by atoms with Crippen LogP contribution in [0.25, 0.3) is 11.1 Å². The Labute approximate surface area is 133 Å². The minimum Gasteiger partial charge on any atom is -0.410 e. The largest absolute Gasteiger partial charge is 0.410 e. The molecule has 0 saturated carbocycles. The Morgan fingerprint density at radius 2 is 1.57 bits per heavy atom. The predicted octanol–water partition coefficient (Wildman–Crippen LogP) is 4.76. The molecule has 21 heavy (non-hydrogen) atoms. The second-order valence-corrected chi connectivity index (χ2v) is 5.64. The van der Waals surface area contributed by atoms with Gasteiger partial charge in [0.1, 0.15) is 5.71 Å². The van der Waals surface area contributed by atoms with Crippen molar-refractivity contribution in [3.63, 3.8) is 0 Å². The Morgan fingerprint density at radius 1 is 1.00 bits per heavy atom. The van der Waals surface area contributed by atoms with Crippen LogP contribution in [0.15, 0.2) is 29.4 Å². The van der Waals surface area contributed by atoms with Gasteiger partial charge in [-0.15, -0.1) is 0 Å². The van der Waals surface area contributed by atoms with Crippen molar-refractivity contribution in [3.8, 4) is 11.1 Å². The SMILES string of the molecule is O=[N+]([O-])c1cc(Cl)cc2c1-c1c(Cl)cc(Cl)cc1C2=NO. The first-order valence-electron chi connectivity index (χ1n) is 5.64. The van der Waals surface area contributed by atoms with Crippen LogP contribution in [0.4, 0.5) is 5.69 Å². The molecular weight excluding hydrogens is 339 g/mol. The van der Waals surface area contributed by atoms with E-state index in [4.69, 9.17) is 34.8 Å². The molecule has 0 spiro atoms. The fraction of sp³-hybridized carbons (Fsp3) is 0. The normalized spacial score (nSPS) is 14.1. The number of hydrogen-bond donors (Lipinski definition) is 1. The van der Waals surface area contributed by atoms with Gasteiger partial charge in [-0.3, -0.25) is 10.1 Å². The molecule has 0 fully saturated rings. The molecule has 8 heteroatoms. The highest BCUT2D eigenvalue weighted by Gasteiger charge is 2.35. The Morgan fingerprint density at radius 3 is 2.14 bits per heavy atom. The predicted molar refractivity (Wildman–Crippen MR) is 81.0 cm³/mol. The van der Waals surface area contributed by atoms with E-state index in [1.165, 1.54) is 24.3 Å². The molecule has 0 radical (unpaired) electrons. The van der Waals surface area contributed by atoms with Gasteiger partial charge in [-0.25, -0.2) is 0 Å². The highest BCUT2D eigenvalue weighted by Crippen LogP contribution is 2.48. The van der Waals surface area contributed by atoms with Crippen LogP contribution >= 0.6 is 34.8 Å². The van der Waals surface area contributed by atoms with E-state index in [0.29, 0.717) is 21.7 Å². The van der Waals surface area contributed by atoms with Crippen LogP contribution in [0.2, 0.25) is 15.1 Å². The van der Waals surface area contributed by atoms with Crippen LogP contribution in [-0.2, 0) is 0 Å². The summed E-state index contributed by atoms with van der Waals surface area (Å²) in [4.78, 5) is 10.7. The monoisotopic (exact) mass is 342 g/mol. The maximum atomic E-state index is 11.3. The molecule has 3 rings (SSSR count). The molecule has 0 bridgehead atoms. The summed E-state index contributed by atoms with van der Waals surface area (Å²) in [6, 6.07) is 5.73. The van der Waals surface area contributed by atoms with Crippen molar-refractivity contribution < 1.29 is 10.1 Å². The lowest BCUT2D eigenvalue weighted by molar-refractivity contribution is -0.384. The molecular formula is C13H5Cl3N2O3. The molecule has 0 atom stereocenters. The molecule has 0 saturated heterocycles. The standard InChI is InChI=1S/C13H5Cl3N2O3/c14-5-1-7-11(9(16)3-5)12-8(13(7)17-19)2-6(15)4-10(12)18(20)21/h1-4,19H.